The van der Waals surface area contributed by atoms with Gasteiger partial charge in [-0.05, 0) is 20.3 Å². The van der Waals surface area contributed by atoms with Gasteiger partial charge in [0.25, 0.3) is 0 Å². The van der Waals surface area contributed by atoms with Crippen LogP contribution in [0, 0.1) is 0 Å². The molecule has 2 heterocycles. The minimum atomic E-state index is -0.168. The van der Waals surface area contributed by atoms with E-state index in [4.69, 9.17) is 5.73 Å². The number of aryl methyl sites for hydroxylation is 1. The van der Waals surface area contributed by atoms with Crippen LogP contribution in [0.2, 0.25) is 0 Å². The zero-order valence-electron chi connectivity index (χ0n) is 9.01. The third-order valence-corrected chi connectivity index (χ3v) is 2.28. The first kappa shape index (κ1) is 10.0. The summed E-state index contributed by atoms with van der Waals surface area (Å²) in [5, 5.41) is 8.14. The minimum Gasteiger partial charge on any atom is -0.326 e. The number of fused-ring (bicyclic) bond motifs is 1. The van der Waals surface area contributed by atoms with E-state index in [9.17, 15) is 0 Å². The van der Waals surface area contributed by atoms with Crippen molar-refractivity contribution in [3.8, 4) is 0 Å². The minimum absolute atomic E-state index is 0.168. The van der Waals surface area contributed by atoms with Gasteiger partial charge in [-0.25, -0.2) is 0 Å². The van der Waals surface area contributed by atoms with E-state index in [1.807, 2.05) is 24.4 Å². The average molecular weight is 205 g/mol. The highest BCUT2D eigenvalue weighted by atomic mass is 15.2. The van der Waals surface area contributed by atoms with Crippen molar-refractivity contribution in [3.63, 3.8) is 0 Å². The van der Waals surface area contributed by atoms with Crippen molar-refractivity contribution in [1.29, 1.82) is 0 Å². The van der Waals surface area contributed by atoms with Crippen LogP contribution in [0.15, 0.2) is 18.6 Å². The number of aromatic nitrogens is 4. The van der Waals surface area contributed by atoms with Gasteiger partial charge in [0.05, 0.1) is 6.20 Å². The molecule has 0 bridgehead atoms. The van der Waals surface area contributed by atoms with E-state index in [1.165, 1.54) is 0 Å². The average Bonchev–Trinajstić information content (AvgIpc) is 2.57. The van der Waals surface area contributed by atoms with Crippen molar-refractivity contribution in [2.24, 2.45) is 5.73 Å². The van der Waals surface area contributed by atoms with Crippen molar-refractivity contribution < 1.29 is 0 Å². The molecule has 5 heteroatoms. The van der Waals surface area contributed by atoms with Crippen LogP contribution in [0.4, 0.5) is 0 Å². The molecule has 0 aromatic carbocycles. The van der Waals surface area contributed by atoms with Gasteiger partial charge in [-0.3, -0.25) is 9.38 Å². The topological polar surface area (TPSA) is 69.1 Å². The van der Waals surface area contributed by atoms with E-state index in [2.05, 4.69) is 15.2 Å². The lowest BCUT2D eigenvalue weighted by Crippen LogP contribution is -2.32. The van der Waals surface area contributed by atoms with E-state index >= 15 is 0 Å². The molecule has 0 aliphatic heterocycles. The molecule has 2 N–H and O–H groups in total. The first-order valence-electron chi connectivity index (χ1n) is 4.99. The Morgan fingerprint density at radius 3 is 2.93 bits per heavy atom. The van der Waals surface area contributed by atoms with Crippen molar-refractivity contribution in [2.45, 2.75) is 32.2 Å². The Hall–Kier alpha value is -1.49. The maximum atomic E-state index is 5.93. The van der Waals surface area contributed by atoms with Crippen molar-refractivity contribution in [3.05, 3.63) is 24.4 Å². The molecule has 0 aliphatic rings. The van der Waals surface area contributed by atoms with Gasteiger partial charge in [0.1, 0.15) is 5.82 Å². The SMILES string of the molecule is CC(C)(N)CCc1nnc2cnccn12. The summed E-state index contributed by atoms with van der Waals surface area (Å²) >= 11 is 0. The van der Waals surface area contributed by atoms with Crippen LogP contribution in [0.25, 0.3) is 5.65 Å². The highest BCUT2D eigenvalue weighted by Crippen LogP contribution is 2.10. The number of rotatable bonds is 3. The highest BCUT2D eigenvalue weighted by Gasteiger charge is 2.13. The van der Waals surface area contributed by atoms with E-state index in [-0.39, 0.29) is 5.54 Å². The molecular formula is C10H15N5. The third kappa shape index (κ3) is 2.30. The normalized spacial score (nSPS) is 12.2. The van der Waals surface area contributed by atoms with Crippen LogP contribution in [0.3, 0.4) is 0 Å². The van der Waals surface area contributed by atoms with Crippen molar-refractivity contribution in [1.82, 2.24) is 19.6 Å². The lowest BCUT2D eigenvalue weighted by atomic mass is 10.00. The van der Waals surface area contributed by atoms with Crippen LogP contribution in [0.1, 0.15) is 26.1 Å². The van der Waals surface area contributed by atoms with Gasteiger partial charge in [-0.1, -0.05) is 0 Å². The Morgan fingerprint density at radius 2 is 2.20 bits per heavy atom. The van der Waals surface area contributed by atoms with Gasteiger partial charge in [-0.2, -0.15) is 0 Å². The predicted octanol–water partition coefficient (Wildman–Crippen LogP) is 0.794. The lowest BCUT2D eigenvalue weighted by Gasteiger charge is -2.16. The molecule has 0 unspecified atom stereocenters. The summed E-state index contributed by atoms with van der Waals surface area (Å²) in [6.07, 6.45) is 7.01. The molecule has 15 heavy (non-hydrogen) atoms. The maximum Gasteiger partial charge on any atom is 0.179 e. The van der Waals surface area contributed by atoms with E-state index in [0.29, 0.717) is 0 Å². The zero-order valence-corrected chi connectivity index (χ0v) is 9.01. The second-order valence-electron chi connectivity index (χ2n) is 4.41. The first-order valence-corrected chi connectivity index (χ1v) is 4.99. The lowest BCUT2D eigenvalue weighted by molar-refractivity contribution is 0.470. The molecule has 0 spiro atoms. The second-order valence-corrected chi connectivity index (χ2v) is 4.41. The van der Waals surface area contributed by atoms with E-state index < -0.39 is 0 Å². The second kappa shape index (κ2) is 3.58. The summed E-state index contributed by atoms with van der Waals surface area (Å²) in [5.41, 5.74) is 6.54. The number of nitrogens with two attached hydrogens (primary N) is 1. The summed E-state index contributed by atoms with van der Waals surface area (Å²) in [6.45, 7) is 4.02. The molecule has 0 amide bonds. The molecule has 5 nitrogen and oxygen atoms in total. The fraction of sp³-hybridized carbons (Fsp3) is 0.500. The van der Waals surface area contributed by atoms with Gasteiger partial charge >= 0.3 is 0 Å². The quantitative estimate of drug-likeness (QED) is 0.804. The van der Waals surface area contributed by atoms with Crippen LogP contribution in [-0.2, 0) is 6.42 Å². The Balaban J connectivity index is 2.22. The Morgan fingerprint density at radius 1 is 1.40 bits per heavy atom. The van der Waals surface area contributed by atoms with Crippen molar-refractivity contribution >= 4 is 5.65 Å². The molecule has 0 atom stereocenters. The van der Waals surface area contributed by atoms with Crippen molar-refractivity contribution in [2.75, 3.05) is 0 Å². The molecule has 0 radical (unpaired) electrons. The smallest absolute Gasteiger partial charge is 0.179 e. The first-order chi connectivity index (χ1) is 7.06. The van der Waals surface area contributed by atoms with Gasteiger partial charge in [0.15, 0.2) is 5.65 Å². The molecule has 2 rings (SSSR count). The van der Waals surface area contributed by atoms with Crippen LogP contribution in [-0.4, -0.2) is 25.1 Å². The summed E-state index contributed by atoms with van der Waals surface area (Å²) in [5.74, 6) is 0.936. The Labute approximate surface area is 88.3 Å². The van der Waals surface area contributed by atoms with Crippen LogP contribution in [0.5, 0.6) is 0 Å². The Kier molecular flexibility index (Phi) is 2.40. The monoisotopic (exact) mass is 205 g/mol. The van der Waals surface area contributed by atoms with Gasteiger partial charge in [0.2, 0.25) is 0 Å². The third-order valence-electron chi connectivity index (χ3n) is 2.28. The molecule has 2 aromatic heterocycles. The fourth-order valence-electron chi connectivity index (χ4n) is 1.41. The predicted molar refractivity (Wildman–Crippen MR) is 57.4 cm³/mol. The summed E-state index contributed by atoms with van der Waals surface area (Å²) in [6, 6.07) is 0. The molecular weight excluding hydrogens is 190 g/mol. The standard InChI is InChI=1S/C10H15N5/c1-10(2,11)4-3-8-13-14-9-7-12-5-6-15(8)9/h5-7H,3-4,11H2,1-2H3. The summed E-state index contributed by atoms with van der Waals surface area (Å²) in [4.78, 5) is 3.99. The molecule has 0 saturated heterocycles. The summed E-state index contributed by atoms with van der Waals surface area (Å²) < 4.78 is 1.94. The largest absolute Gasteiger partial charge is 0.326 e. The van der Waals surface area contributed by atoms with E-state index in [1.54, 1.807) is 12.4 Å². The molecule has 0 saturated carbocycles. The fourth-order valence-corrected chi connectivity index (χ4v) is 1.41. The molecule has 0 fully saturated rings. The van der Waals surface area contributed by atoms with Gasteiger partial charge < -0.3 is 5.73 Å². The van der Waals surface area contributed by atoms with Gasteiger partial charge in [0, 0.05) is 24.4 Å². The molecule has 2 aromatic rings. The van der Waals surface area contributed by atoms with Crippen LogP contribution >= 0.6 is 0 Å². The zero-order chi connectivity index (χ0) is 10.9. The summed E-state index contributed by atoms with van der Waals surface area (Å²) in [7, 11) is 0. The van der Waals surface area contributed by atoms with Crippen LogP contribution < -0.4 is 5.73 Å². The molecule has 80 valence electrons. The number of hydrogen-bond donors (Lipinski definition) is 1. The number of nitrogens with zero attached hydrogens (tertiary/aromatic N) is 4. The Bertz CT molecular complexity index is 454. The highest BCUT2D eigenvalue weighted by molar-refractivity contribution is 5.33. The van der Waals surface area contributed by atoms with Gasteiger partial charge in [-0.15, -0.1) is 10.2 Å². The maximum absolute atomic E-state index is 5.93. The number of hydrogen-bond acceptors (Lipinski definition) is 4. The molecule has 0 aliphatic carbocycles. The van der Waals surface area contributed by atoms with E-state index in [0.717, 1.165) is 24.3 Å².